The van der Waals surface area contributed by atoms with Crippen molar-refractivity contribution in [3.63, 3.8) is 0 Å². The van der Waals surface area contributed by atoms with Crippen LogP contribution in [-0.2, 0) is 0 Å². The summed E-state index contributed by atoms with van der Waals surface area (Å²) in [5.41, 5.74) is 1.29. The number of rotatable bonds is 2. The Balaban J connectivity index is 2.74. The second-order valence-corrected chi connectivity index (χ2v) is 3.55. The summed E-state index contributed by atoms with van der Waals surface area (Å²) in [6.07, 6.45) is 0. The van der Waals surface area contributed by atoms with Crippen molar-refractivity contribution in [3.05, 3.63) is 16.3 Å². The Kier molecular flexibility index (Phi) is 2.52. The number of hydrogen-bond acceptors (Lipinski definition) is 2. The third kappa shape index (κ3) is 1.61. The first-order valence-electron chi connectivity index (χ1n) is 3.40. The third-order valence-electron chi connectivity index (χ3n) is 1.51. The van der Waals surface area contributed by atoms with E-state index in [4.69, 9.17) is 5.11 Å². The van der Waals surface area contributed by atoms with E-state index in [1.54, 1.807) is 11.3 Å². The summed E-state index contributed by atoms with van der Waals surface area (Å²) in [4.78, 5) is 1.28. The summed E-state index contributed by atoms with van der Waals surface area (Å²) in [5.74, 6) is 0.304. The maximum atomic E-state index is 8.80. The lowest BCUT2D eigenvalue weighted by Gasteiger charge is -2.01. The molecule has 1 nitrogen and oxygen atoms in total. The number of aliphatic hydroxyl groups excluding tert-OH is 1. The van der Waals surface area contributed by atoms with E-state index in [9.17, 15) is 0 Å². The van der Waals surface area contributed by atoms with Crippen molar-refractivity contribution < 1.29 is 5.11 Å². The molecular weight excluding hydrogens is 143 g/mol. The smallest absolute Gasteiger partial charge is 0.140 e. The lowest BCUT2D eigenvalue weighted by molar-refractivity contribution is 0.274. The molecule has 0 amide bonds. The molecule has 0 radical (unpaired) electrons. The van der Waals surface area contributed by atoms with Gasteiger partial charge in [-0.2, -0.15) is 0 Å². The van der Waals surface area contributed by atoms with Crippen LogP contribution in [0.4, 0.5) is 0 Å². The average molecular weight is 154 g/mol. The Bertz CT molecular complexity index is 209. The van der Waals surface area contributed by atoms with Gasteiger partial charge < -0.3 is 5.11 Å². The molecule has 0 aliphatic heterocycles. The molecule has 10 heavy (non-hydrogen) atoms. The lowest BCUT2D eigenvalue weighted by atomic mass is 9.99. The van der Waals surface area contributed by atoms with Crippen molar-refractivity contribution in [2.45, 2.75) is 12.8 Å². The van der Waals surface area contributed by atoms with Crippen LogP contribution in [0.25, 0.3) is 0 Å². The van der Waals surface area contributed by atoms with Gasteiger partial charge in [-0.15, -0.1) is 11.3 Å². The molecule has 1 aromatic rings. The fourth-order valence-electron chi connectivity index (χ4n) is 0.802. The topological polar surface area (TPSA) is 20.2 Å². The van der Waals surface area contributed by atoms with Gasteiger partial charge in [-0.25, -0.2) is 0 Å². The molecule has 1 heterocycles. The second-order valence-electron chi connectivity index (χ2n) is 2.61. The molecule has 1 atom stereocenters. The molecule has 0 aliphatic rings. The van der Waals surface area contributed by atoms with E-state index in [0.29, 0.717) is 5.92 Å². The largest absolute Gasteiger partial charge is 0.396 e. The minimum Gasteiger partial charge on any atom is -0.396 e. The molecule has 1 N–H and O–H groups in total. The predicted octanol–water partition coefficient (Wildman–Crippen LogP) is 0.102. The minimum absolute atomic E-state index is 0.250. The fourth-order valence-corrected chi connectivity index (χ4v) is 1.75. The zero-order valence-corrected chi connectivity index (χ0v) is 7.11. The predicted molar refractivity (Wildman–Crippen MR) is 48.0 cm³/mol. The van der Waals surface area contributed by atoms with Crippen molar-refractivity contribution in [2.75, 3.05) is 6.61 Å². The molecule has 0 saturated carbocycles. The van der Waals surface area contributed by atoms with Crippen LogP contribution in [0.15, 0.2) is 11.4 Å². The molecule has 0 aromatic carbocycles. The van der Waals surface area contributed by atoms with E-state index in [2.05, 4.69) is 19.3 Å². The Morgan fingerprint density at radius 3 is 2.90 bits per heavy atom. The summed E-state index contributed by atoms with van der Waals surface area (Å²) in [6, 6.07) is 2.13. The Labute approximate surface area is 66.1 Å². The van der Waals surface area contributed by atoms with Crippen molar-refractivity contribution in [3.8, 4) is 0 Å². The van der Waals surface area contributed by atoms with Crippen LogP contribution in [0.5, 0.6) is 0 Å². The Hall–Kier alpha value is -0.275. The van der Waals surface area contributed by atoms with Crippen LogP contribution < -0.4 is 5.46 Å². The maximum Gasteiger partial charge on any atom is 0.140 e. The molecule has 3 heteroatoms. The van der Waals surface area contributed by atoms with Gasteiger partial charge in [0.2, 0.25) is 0 Å². The normalized spacial score (nSPS) is 13.4. The van der Waals surface area contributed by atoms with Crippen molar-refractivity contribution in [1.82, 2.24) is 0 Å². The molecule has 1 unspecified atom stereocenters. The van der Waals surface area contributed by atoms with Gasteiger partial charge in [0.05, 0.1) is 6.61 Å². The highest BCUT2D eigenvalue weighted by atomic mass is 32.1. The van der Waals surface area contributed by atoms with Crippen molar-refractivity contribution in [1.29, 1.82) is 0 Å². The van der Waals surface area contributed by atoms with E-state index in [0.717, 1.165) is 0 Å². The first kappa shape index (κ1) is 7.83. The number of aliphatic hydroxyl groups is 1. The van der Waals surface area contributed by atoms with Gasteiger partial charge in [0.15, 0.2) is 0 Å². The van der Waals surface area contributed by atoms with Gasteiger partial charge in [-0.05, 0) is 5.38 Å². The highest BCUT2D eigenvalue weighted by Gasteiger charge is 2.04. The zero-order chi connectivity index (χ0) is 7.56. The SMILES string of the molecule is Bc1csc(C(C)CO)c1. The molecule has 0 saturated heterocycles. The lowest BCUT2D eigenvalue weighted by Crippen LogP contribution is -1.98. The summed E-state index contributed by atoms with van der Waals surface area (Å²) >= 11 is 1.72. The first-order chi connectivity index (χ1) is 4.74. The number of thiophene rings is 1. The van der Waals surface area contributed by atoms with E-state index in [-0.39, 0.29) is 6.61 Å². The van der Waals surface area contributed by atoms with Crippen molar-refractivity contribution >= 4 is 24.6 Å². The average Bonchev–Trinajstić information content (AvgIpc) is 2.34. The molecule has 0 aliphatic carbocycles. The Morgan fingerprint density at radius 1 is 1.80 bits per heavy atom. The van der Waals surface area contributed by atoms with E-state index < -0.39 is 0 Å². The number of hydrogen-bond donors (Lipinski definition) is 1. The molecule has 1 rings (SSSR count). The van der Waals surface area contributed by atoms with Crippen LogP contribution >= 0.6 is 11.3 Å². The van der Waals surface area contributed by atoms with Crippen LogP contribution in [-0.4, -0.2) is 19.6 Å². The van der Waals surface area contributed by atoms with Crippen LogP contribution in [0, 0.1) is 0 Å². The highest BCUT2D eigenvalue weighted by molar-refractivity contribution is 7.11. The molecule has 0 bridgehead atoms. The monoisotopic (exact) mass is 154 g/mol. The van der Waals surface area contributed by atoms with Gasteiger partial charge in [-0.3, -0.25) is 0 Å². The van der Waals surface area contributed by atoms with Crippen LogP contribution in [0.1, 0.15) is 17.7 Å². The van der Waals surface area contributed by atoms with E-state index >= 15 is 0 Å². The van der Waals surface area contributed by atoms with Crippen LogP contribution in [0.3, 0.4) is 0 Å². The zero-order valence-electron chi connectivity index (χ0n) is 6.29. The Morgan fingerprint density at radius 2 is 2.50 bits per heavy atom. The van der Waals surface area contributed by atoms with Crippen molar-refractivity contribution in [2.24, 2.45) is 0 Å². The molecule has 1 aromatic heterocycles. The molecule has 0 spiro atoms. The van der Waals surface area contributed by atoms with Gasteiger partial charge in [0, 0.05) is 10.8 Å². The summed E-state index contributed by atoms with van der Waals surface area (Å²) < 4.78 is 0. The first-order valence-corrected chi connectivity index (χ1v) is 4.28. The van der Waals surface area contributed by atoms with Gasteiger partial charge >= 0.3 is 0 Å². The molecular formula is C7H11BOS. The highest BCUT2D eigenvalue weighted by Crippen LogP contribution is 2.17. The minimum atomic E-state index is 0.250. The third-order valence-corrected chi connectivity index (χ3v) is 2.79. The summed E-state index contributed by atoms with van der Waals surface area (Å²) in [7, 11) is 2.07. The standard InChI is InChI=1S/C7H11BOS/c1-5(3-9)7-2-6(8)4-10-7/h2,4-5,9H,3,8H2,1H3. The van der Waals surface area contributed by atoms with E-state index in [1.807, 2.05) is 6.92 Å². The summed E-state index contributed by atoms with van der Waals surface area (Å²) in [6.45, 7) is 2.28. The van der Waals surface area contributed by atoms with Crippen LogP contribution in [0.2, 0.25) is 0 Å². The summed E-state index contributed by atoms with van der Waals surface area (Å²) in [5, 5.41) is 10.9. The maximum absolute atomic E-state index is 8.80. The molecule has 0 fully saturated rings. The fraction of sp³-hybridized carbons (Fsp3) is 0.429. The van der Waals surface area contributed by atoms with Gasteiger partial charge in [-0.1, -0.05) is 18.5 Å². The van der Waals surface area contributed by atoms with Gasteiger partial charge in [0.25, 0.3) is 0 Å². The van der Waals surface area contributed by atoms with E-state index in [1.165, 1.54) is 10.3 Å². The quantitative estimate of drug-likeness (QED) is 0.599. The second kappa shape index (κ2) is 3.22. The molecule has 54 valence electrons. The van der Waals surface area contributed by atoms with Gasteiger partial charge in [0.1, 0.15) is 7.85 Å².